The van der Waals surface area contributed by atoms with E-state index in [1.807, 2.05) is 13.4 Å². The van der Waals surface area contributed by atoms with Gasteiger partial charge in [0.2, 0.25) is 0 Å². The van der Waals surface area contributed by atoms with Gasteiger partial charge in [0.05, 0.1) is 6.54 Å². The maximum absolute atomic E-state index is 4.18. The van der Waals surface area contributed by atoms with Crippen LogP contribution in [0.3, 0.4) is 0 Å². The third-order valence-corrected chi connectivity index (χ3v) is 3.99. The van der Waals surface area contributed by atoms with Gasteiger partial charge < -0.3 is 9.88 Å². The summed E-state index contributed by atoms with van der Waals surface area (Å²) >= 11 is 0. The Kier molecular flexibility index (Phi) is 3.80. The fourth-order valence-corrected chi connectivity index (χ4v) is 2.69. The highest BCUT2D eigenvalue weighted by Gasteiger charge is 2.20. The monoisotopic (exact) mass is 271 g/mol. The highest BCUT2D eigenvalue weighted by atomic mass is 15.3. The van der Waals surface area contributed by atoms with Crippen LogP contribution in [0.1, 0.15) is 23.0 Å². The van der Waals surface area contributed by atoms with Crippen molar-refractivity contribution in [3.63, 3.8) is 0 Å². The lowest BCUT2D eigenvalue weighted by Crippen LogP contribution is -2.39. The summed E-state index contributed by atoms with van der Waals surface area (Å²) in [6.45, 7) is 6.02. The average Bonchev–Trinajstić information content (AvgIpc) is 2.93. The molecule has 0 aliphatic carbocycles. The molecule has 2 heterocycles. The lowest BCUT2D eigenvalue weighted by molar-refractivity contribution is 0.197. The fraction of sp³-hybridized carbons (Fsp3) is 0.467. The average molecular weight is 271 g/mol. The third-order valence-electron chi connectivity index (χ3n) is 3.99. The molecule has 0 fully saturated rings. The minimum Gasteiger partial charge on any atom is -0.315 e. The number of hydrogen-bond donors (Lipinski definition) is 1. The number of nitrogens with zero attached hydrogens (tertiary/aromatic N) is 4. The molecule has 3 rings (SSSR count). The Morgan fingerprint density at radius 1 is 1.25 bits per heavy atom. The molecular formula is C15H21N5. The SMILES string of the molecule is CNC(CN1CCn2cnnc2C1)c1ccc(C)cc1. The highest BCUT2D eigenvalue weighted by Crippen LogP contribution is 2.18. The van der Waals surface area contributed by atoms with E-state index in [4.69, 9.17) is 0 Å². The molecule has 0 bridgehead atoms. The first-order valence-corrected chi connectivity index (χ1v) is 7.09. The Bertz CT molecular complexity index is 560. The van der Waals surface area contributed by atoms with Crippen LogP contribution in [0.5, 0.6) is 0 Å². The predicted molar refractivity (Wildman–Crippen MR) is 78.3 cm³/mol. The highest BCUT2D eigenvalue weighted by molar-refractivity contribution is 5.24. The van der Waals surface area contributed by atoms with Gasteiger partial charge >= 0.3 is 0 Å². The zero-order valence-electron chi connectivity index (χ0n) is 12.1. The Hall–Kier alpha value is -1.72. The van der Waals surface area contributed by atoms with E-state index in [2.05, 4.69) is 56.2 Å². The summed E-state index contributed by atoms with van der Waals surface area (Å²) in [7, 11) is 2.02. The summed E-state index contributed by atoms with van der Waals surface area (Å²) < 4.78 is 2.14. The molecule has 1 N–H and O–H groups in total. The van der Waals surface area contributed by atoms with Crippen molar-refractivity contribution in [3.05, 3.63) is 47.5 Å². The fourth-order valence-electron chi connectivity index (χ4n) is 2.69. The summed E-state index contributed by atoms with van der Waals surface area (Å²) in [5, 5.41) is 11.6. The van der Waals surface area contributed by atoms with Gasteiger partial charge in [0.15, 0.2) is 0 Å². The number of fused-ring (bicyclic) bond motifs is 1. The van der Waals surface area contributed by atoms with Crippen LogP contribution in [-0.4, -0.2) is 39.8 Å². The van der Waals surface area contributed by atoms with Crippen LogP contribution in [0.25, 0.3) is 0 Å². The largest absolute Gasteiger partial charge is 0.315 e. The number of hydrogen-bond acceptors (Lipinski definition) is 4. The number of aromatic nitrogens is 3. The molecule has 1 aliphatic rings. The molecule has 5 heteroatoms. The van der Waals surface area contributed by atoms with Crippen LogP contribution >= 0.6 is 0 Å². The van der Waals surface area contributed by atoms with E-state index in [9.17, 15) is 0 Å². The van der Waals surface area contributed by atoms with Crippen molar-refractivity contribution in [1.82, 2.24) is 25.0 Å². The zero-order valence-corrected chi connectivity index (χ0v) is 12.1. The molecule has 1 atom stereocenters. The molecule has 0 saturated carbocycles. The molecule has 1 aliphatic heterocycles. The normalized spacial score (nSPS) is 16.9. The van der Waals surface area contributed by atoms with Gasteiger partial charge in [-0.1, -0.05) is 29.8 Å². The summed E-state index contributed by atoms with van der Waals surface area (Å²) in [6, 6.07) is 9.12. The van der Waals surface area contributed by atoms with E-state index >= 15 is 0 Å². The van der Waals surface area contributed by atoms with Crippen LogP contribution in [0.4, 0.5) is 0 Å². The topological polar surface area (TPSA) is 46.0 Å². The zero-order chi connectivity index (χ0) is 13.9. The van der Waals surface area contributed by atoms with Crippen molar-refractivity contribution >= 4 is 0 Å². The molecule has 5 nitrogen and oxygen atoms in total. The Morgan fingerprint density at radius 2 is 2.05 bits per heavy atom. The maximum atomic E-state index is 4.18. The lowest BCUT2D eigenvalue weighted by atomic mass is 10.0. The lowest BCUT2D eigenvalue weighted by Gasteiger charge is -2.30. The molecule has 2 aromatic rings. The minimum atomic E-state index is 0.352. The number of aryl methyl sites for hydroxylation is 1. The van der Waals surface area contributed by atoms with E-state index in [1.165, 1.54) is 11.1 Å². The molecule has 1 unspecified atom stereocenters. The van der Waals surface area contributed by atoms with Crippen LogP contribution in [0.2, 0.25) is 0 Å². The van der Waals surface area contributed by atoms with E-state index in [0.717, 1.165) is 32.0 Å². The van der Waals surface area contributed by atoms with Crippen LogP contribution in [-0.2, 0) is 13.1 Å². The van der Waals surface area contributed by atoms with Crippen LogP contribution in [0, 0.1) is 6.92 Å². The first-order chi connectivity index (χ1) is 9.76. The van der Waals surface area contributed by atoms with E-state index in [0.29, 0.717) is 6.04 Å². The standard InChI is InChI=1S/C15H21N5/c1-12-3-5-13(6-4-12)14(16-2)9-19-7-8-20-11-17-18-15(20)10-19/h3-6,11,14,16H,7-10H2,1-2H3. The second kappa shape index (κ2) is 5.73. The first-order valence-electron chi connectivity index (χ1n) is 7.09. The molecule has 0 radical (unpaired) electrons. The second-order valence-electron chi connectivity index (χ2n) is 5.43. The number of rotatable bonds is 4. The van der Waals surface area contributed by atoms with Gasteiger partial charge in [0, 0.05) is 25.7 Å². The number of nitrogens with one attached hydrogen (secondary N) is 1. The minimum absolute atomic E-state index is 0.352. The van der Waals surface area contributed by atoms with Gasteiger partial charge in [-0.15, -0.1) is 10.2 Å². The number of benzene rings is 1. The van der Waals surface area contributed by atoms with Gasteiger partial charge in [-0.05, 0) is 19.5 Å². The van der Waals surface area contributed by atoms with Crippen molar-refractivity contribution in [1.29, 1.82) is 0 Å². The van der Waals surface area contributed by atoms with Crippen molar-refractivity contribution in [3.8, 4) is 0 Å². The van der Waals surface area contributed by atoms with Gasteiger partial charge in [0.1, 0.15) is 12.2 Å². The predicted octanol–water partition coefficient (Wildman–Crippen LogP) is 1.36. The third kappa shape index (κ3) is 2.73. The van der Waals surface area contributed by atoms with Gasteiger partial charge in [-0.3, -0.25) is 4.90 Å². The Labute approximate surface area is 119 Å². The van der Waals surface area contributed by atoms with E-state index in [-0.39, 0.29) is 0 Å². The van der Waals surface area contributed by atoms with E-state index < -0.39 is 0 Å². The Balaban J connectivity index is 1.68. The van der Waals surface area contributed by atoms with Gasteiger partial charge in [-0.2, -0.15) is 0 Å². The van der Waals surface area contributed by atoms with Crippen LogP contribution in [0.15, 0.2) is 30.6 Å². The molecule has 1 aromatic heterocycles. The van der Waals surface area contributed by atoms with Crippen molar-refractivity contribution < 1.29 is 0 Å². The van der Waals surface area contributed by atoms with Crippen LogP contribution < -0.4 is 5.32 Å². The van der Waals surface area contributed by atoms with Crippen molar-refractivity contribution in [2.24, 2.45) is 0 Å². The smallest absolute Gasteiger partial charge is 0.147 e. The molecular weight excluding hydrogens is 250 g/mol. The number of likely N-dealkylation sites (N-methyl/N-ethyl adjacent to an activating group) is 1. The van der Waals surface area contributed by atoms with Gasteiger partial charge in [0.25, 0.3) is 0 Å². The van der Waals surface area contributed by atoms with Crippen molar-refractivity contribution in [2.75, 3.05) is 20.1 Å². The van der Waals surface area contributed by atoms with Crippen molar-refractivity contribution in [2.45, 2.75) is 26.1 Å². The second-order valence-corrected chi connectivity index (χ2v) is 5.43. The van der Waals surface area contributed by atoms with Gasteiger partial charge in [-0.25, -0.2) is 0 Å². The summed E-state index contributed by atoms with van der Waals surface area (Å²) in [5.74, 6) is 1.06. The molecule has 0 spiro atoms. The molecule has 20 heavy (non-hydrogen) atoms. The Morgan fingerprint density at radius 3 is 2.80 bits per heavy atom. The summed E-state index contributed by atoms with van der Waals surface area (Å²) in [6.07, 6.45) is 1.82. The molecule has 1 aromatic carbocycles. The summed E-state index contributed by atoms with van der Waals surface area (Å²) in [5.41, 5.74) is 2.64. The van der Waals surface area contributed by atoms with E-state index in [1.54, 1.807) is 0 Å². The summed E-state index contributed by atoms with van der Waals surface area (Å²) in [4.78, 5) is 2.44. The molecule has 0 saturated heterocycles. The molecule has 0 amide bonds. The molecule has 106 valence electrons. The maximum Gasteiger partial charge on any atom is 0.147 e. The quantitative estimate of drug-likeness (QED) is 0.912. The first kappa shape index (κ1) is 13.3.